The number of nitrogens with zero attached hydrogens (tertiary/aromatic N) is 2. The largest absolute Gasteiger partial charge is 0.488 e. The normalized spacial score (nSPS) is 21.3. The molecule has 2 aliphatic rings. The van der Waals surface area contributed by atoms with Crippen LogP contribution in [-0.4, -0.2) is 73.4 Å². The molecule has 0 bridgehead atoms. The first-order valence-electron chi connectivity index (χ1n) is 12.6. The van der Waals surface area contributed by atoms with Gasteiger partial charge < -0.3 is 20.1 Å². The highest BCUT2D eigenvalue weighted by molar-refractivity contribution is 7.89. The van der Waals surface area contributed by atoms with Crippen LogP contribution in [0.5, 0.6) is 5.75 Å². The van der Waals surface area contributed by atoms with Crippen LogP contribution in [-0.2, 0) is 26.0 Å². The van der Waals surface area contributed by atoms with Crippen molar-refractivity contribution in [2.75, 3.05) is 32.1 Å². The van der Waals surface area contributed by atoms with Gasteiger partial charge in [-0.15, -0.1) is 0 Å². The van der Waals surface area contributed by atoms with Crippen LogP contribution in [0.15, 0.2) is 53.4 Å². The van der Waals surface area contributed by atoms with E-state index in [0.717, 1.165) is 12.8 Å². The Morgan fingerprint density at radius 2 is 1.92 bits per heavy atom. The van der Waals surface area contributed by atoms with Gasteiger partial charge in [0.05, 0.1) is 30.5 Å². The van der Waals surface area contributed by atoms with Crippen molar-refractivity contribution in [3.8, 4) is 5.75 Å². The molecule has 37 heavy (non-hydrogen) atoms. The number of carbonyl (C=O) groups excluding carboxylic acids is 2. The number of sulfonamides is 1. The third-order valence-electron chi connectivity index (χ3n) is 7.02. The maximum absolute atomic E-state index is 13.3. The Morgan fingerprint density at radius 3 is 2.57 bits per heavy atom. The van der Waals surface area contributed by atoms with Gasteiger partial charge >= 0.3 is 0 Å². The summed E-state index contributed by atoms with van der Waals surface area (Å²) < 4.78 is 34.1. The first-order valence-corrected chi connectivity index (χ1v) is 14.1. The molecular weight excluding hydrogens is 494 g/mol. The summed E-state index contributed by atoms with van der Waals surface area (Å²) in [7, 11) is -2.24. The molecule has 0 unspecified atom stereocenters. The van der Waals surface area contributed by atoms with Gasteiger partial charge in [-0.1, -0.05) is 25.1 Å². The quantitative estimate of drug-likeness (QED) is 0.543. The molecule has 1 saturated carbocycles. The summed E-state index contributed by atoms with van der Waals surface area (Å²) >= 11 is 0. The monoisotopic (exact) mass is 529 g/mol. The van der Waals surface area contributed by atoms with Crippen molar-refractivity contribution < 1.29 is 27.9 Å². The van der Waals surface area contributed by atoms with Crippen molar-refractivity contribution in [2.24, 2.45) is 11.8 Å². The number of ether oxygens (including phenoxy) is 1. The Hall–Kier alpha value is -2.95. The Morgan fingerprint density at radius 1 is 1.22 bits per heavy atom. The fourth-order valence-corrected chi connectivity index (χ4v) is 5.64. The SMILES string of the molecule is C[C@@H]1CN([C@@H](C)CO)C(=O)Cc2cc(NC(=O)C3CC3)ccc2O[C@@H]1CN(C)S(=O)(=O)c1ccccc1. The molecule has 1 fully saturated rings. The summed E-state index contributed by atoms with van der Waals surface area (Å²) in [4.78, 5) is 27.4. The summed E-state index contributed by atoms with van der Waals surface area (Å²) in [6, 6.07) is 13.0. The molecule has 10 heteroatoms. The zero-order chi connectivity index (χ0) is 26.7. The third-order valence-corrected chi connectivity index (χ3v) is 8.86. The zero-order valence-electron chi connectivity index (χ0n) is 21.5. The first-order chi connectivity index (χ1) is 17.6. The molecule has 1 aliphatic heterocycles. The lowest BCUT2D eigenvalue weighted by Gasteiger charge is -2.33. The van der Waals surface area contributed by atoms with Gasteiger partial charge in [-0.05, 0) is 50.1 Å². The number of fused-ring (bicyclic) bond motifs is 1. The maximum atomic E-state index is 13.3. The lowest BCUT2D eigenvalue weighted by atomic mass is 10.0. The van der Waals surface area contributed by atoms with E-state index < -0.39 is 22.2 Å². The van der Waals surface area contributed by atoms with Gasteiger partial charge in [0, 0.05) is 36.7 Å². The number of benzene rings is 2. The summed E-state index contributed by atoms with van der Waals surface area (Å²) in [5.41, 5.74) is 1.18. The molecular formula is C27H35N3O6S. The van der Waals surface area contributed by atoms with Crippen LogP contribution in [0.25, 0.3) is 0 Å². The molecule has 200 valence electrons. The number of anilines is 1. The minimum atomic E-state index is -3.75. The fourth-order valence-electron chi connectivity index (χ4n) is 4.44. The van der Waals surface area contributed by atoms with Gasteiger partial charge in [-0.25, -0.2) is 8.42 Å². The Balaban J connectivity index is 1.65. The molecule has 2 aromatic rings. The molecule has 1 aliphatic carbocycles. The molecule has 2 amide bonds. The highest BCUT2D eigenvalue weighted by atomic mass is 32.2. The van der Waals surface area contributed by atoms with Gasteiger partial charge in [0.25, 0.3) is 0 Å². The van der Waals surface area contributed by atoms with Crippen LogP contribution in [0.4, 0.5) is 5.69 Å². The minimum absolute atomic E-state index is 0.0321. The van der Waals surface area contributed by atoms with Gasteiger partial charge in [0.15, 0.2) is 0 Å². The number of rotatable bonds is 8. The van der Waals surface area contributed by atoms with E-state index in [4.69, 9.17) is 4.74 Å². The van der Waals surface area contributed by atoms with E-state index in [1.54, 1.807) is 60.4 Å². The van der Waals surface area contributed by atoms with E-state index in [9.17, 15) is 23.1 Å². The van der Waals surface area contributed by atoms with E-state index in [1.165, 1.54) is 11.4 Å². The number of aliphatic hydroxyl groups is 1. The van der Waals surface area contributed by atoms with Gasteiger partial charge in [-0.2, -0.15) is 4.31 Å². The molecule has 1 heterocycles. The minimum Gasteiger partial charge on any atom is -0.488 e. The highest BCUT2D eigenvalue weighted by Crippen LogP contribution is 2.32. The van der Waals surface area contributed by atoms with E-state index in [2.05, 4.69) is 5.32 Å². The second-order valence-electron chi connectivity index (χ2n) is 10.1. The average Bonchev–Trinajstić information content (AvgIpc) is 3.73. The molecule has 4 rings (SSSR count). The molecule has 0 spiro atoms. The van der Waals surface area contributed by atoms with E-state index >= 15 is 0 Å². The van der Waals surface area contributed by atoms with Crippen LogP contribution < -0.4 is 10.1 Å². The van der Waals surface area contributed by atoms with Crippen molar-refractivity contribution >= 4 is 27.5 Å². The molecule has 3 atom stereocenters. The molecule has 0 radical (unpaired) electrons. The summed E-state index contributed by atoms with van der Waals surface area (Å²) in [5.74, 6) is 0.0568. The van der Waals surface area contributed by atoms with Crippen molar-refractivity contribution in [1.82, 2.24) is 9.21 Å². The Bertz CT molecular complexity index is 1230. The number of carbonyl (C=O) groups is 2. The fraction of sp³-hybridized carbons (Fsp3) is 0.481. The second kappa shape index (κ2) is 11.2. The molecule has 0 aromatic heterocycles. The van der Waals surface area contributed by atoms with Crippen LogP contribution >= 0.6 is 0 Å². The Labute approximate surface area is 218 Å². The number of aliphatic hydroxyl groups excluding tert-OH is 1. The van der Waals surface area contributed by atoms with Crippen LogP contribution in [0.2, 0.25) is 0 Å². The molecule has 2 aromatic carbocycles. The van der Waals surface area contributed by atoms with Crippen molar-refractivity contribution in [3.05, 3.63) is 54.1 Å². The predicted octanol–water partition coefficient (Wildman–Crippen LogP) is 2.50. The summed E-state index contributed by atoms with van der Waals surface area (Å²) in [6.45, 7) is 3.85. The number of likely N-dealkylation sites (N-methyl/N-ethyl adjacent to an activating group) is 1. The average molecular weight is 530 g/mol. The van der Waals surface area contributed by atoms with Crippen LogP contribution in [0.3, 0.4) is 0 Å². The highest BCUT2D eigenvalue weighted by Gasteiger charge is 2.34. The standard InChI is InChI=1S/C27H35N3O6S/c1-18-15-30(19(2)17-31)26(32)14-21-13-22(28-27(33)20-9-10-20)11-12-24(21)36-25(18)16-29(3)37(34,35)23-7-5-4-6-8-23/h4-8,11-13,18-20,25,31H,9-10,14-17H2,1-3H3,(H,28,33)/t18-,19+,25-/m1/s1. The number of amides is 2. The smallest absolute Gasteiger partial charge is 0.242 e. The molecule has 2 N–H and O–H groups in total. The zero-order valence-corrected chi connectivity index (χ0v) is 22.3. The number of hydrogen-bond acceptors (Lipinski definition) is 6. The summed E-state index contributed by atoms with van der Waals surface area (Å²) in [5, 5.41) is 12.7. The topological polar surface area (TPSA) is 116 Å². The van der Waals surface area contributed by atoms with Crippen LogP contribution in [0.1, 0.15) is 32.3 Å². The number of hydrogen-bond donors (Lipinski definition) is 2. The Kier molecular flexibility index (Phi) is 8.20. The molecule has 9 nitrogen and oxygen atoms in total. The van der Waals surface area contributed by atoms with Crippen molar-refractivity contribution in [1.29, 1.82) is 0 Å². The van der Waals surface area contributed by atoms with E-state index in [-0.39, 0.29) is 48.1 Å². The third kappa shape index (κ3) is 6.31. The van der Waals surface area contributed by atoms with Gasteiger partial charge in [-0.3, -0.25) is 9.59 Å². The molecule has 0 saturated heterocycles. The lowest BCUT2D eigenvalue weighted by Crippen LogP contribution is -2.48. The van der Waals surface area contributed by atoms with Crippen molar-refractivity contribution in [3.63, 3.8) is 0 Å². The maximum Gasteiger partial charge on any atom is 0.242 e. The first kappa shape index (κ1) is 27.1. The van der Waals surface area contributed by atoms with E-state index in [1.807, 2.05) is 6.92 Å². The van der Waals surface area contributed by atoms with E-state index in [0.29, 0.717) is 23.5 Å². The van der Waals surface area contributed by atoms with Gasteiger partial charge in [0.2, 0.25) is 21.8 Å². The van der Waals surface area contributed by atoms with Crippen molar-refractivity contribution in [2.45, 2.75) is 50.2 Å². The predicted molar refractivity (Wildman–Crippen MR) is 140 cm³/mol. The second-order valence-corrected chi connectivity index (χ2v) is 12.1. The lowest BCUT2D eigenvalue weighted by molar-refractivity contribution is -0.134. The number of nitrogens with one attached hydrogen (secondary N) is 1. The summed E-state index contributed by atoms with van der Waals surface area (Å²) in [6.07, 6.45) is 1.22. The van der Waals surface area contributed by atoms with Crippen LogP contribution in [0, 0.1) is 11.8 Å². The van der Waals surface area contributed by atoms with Gasteiger partial charge in [0.1, 0.15) is 11.9 Å².